The zero-order valence-electron chi connectivity index (χ0n) is 18.9. The van der Waals surface area contributed by atoms with E-state index in [2.05, 4.69) is 52.9 Å². The summed E-state index contributed by atoms with van der Waals surface area (Å²) in [6.45, 7) is 7.70. The van der Waals surface area contributed by atoms with Gasteiger partial charge >= 0.3 is 0 Å². The SMILES string of the molecule is CN=C(NCc1cccc(COC2CCOCC2)c1)NCC(C)Oc1cccc(C)c1. The van der Waals surface area contributed by atoms with Crippen LogP contribution in [0.3, 0.4) is 0 Å². The lowest BCUT2D eigenvalue weighted by Crippen LogP contribution is -2.41. The van der Waals surface area contributed by atoms with Gasteiger partial charge < -0.3 is 24.8 Å². The largest absolute Gasteiger partial charge is 0.489 e. The third kappa shape index (κ3) is 8.23. The van der Waals surface area contributed by atoms with E-state index < -0.39 is 0 Å². The van der Waals surface area contributed by atoms with E-state index in [1.165, 1.54) is 16.7 Å². The summed E-state index contributed by atoms with van der Waals surface area (Å²) < 4.78 is 17.4. The molecule has 1 saturated heterocycles. The molecule has 0 aromatic heterocycles. The molecular formula is C25H35N3O3. The number of aryl methyl sites for hydroxylation is 1. The Morgan fingerprint density at radius 2 is 1.87 bits per heavy atom. The summed E-state index contributed by atoms with van der Waals surface area (Å²) in [7, 11) is 1.78. The maximum absolute atomic E-state index is 6.04. The molecule has 0 saturated carbocycles. The first-order valence-corrected chi connectivity index (χ1v) is 11.1. The van der Waals surface area contributed by atoms with E-state index in [-0.39, 0.29) is 6.10 Å². The van der Waals surface area contributed by atoms with Crippen LogP contribution in [0.2, 0.25) is 0 Å². The third-order valence-electron chi connectivity index (χ3n) is 5.21. The van der Waals surface area contributed by atoms with Crippen LogP contribution in [0.15, 0.2) is 53.5 Å². The molecule has 0 spiro atoms. The van der Waals surface area contributed by atoms with Crippen molar-refractivity contribution in [2.45, 2.75) is 52.0 Å². The second-order valence-corrected chi connectivity index (χ2v) is 7.99. The molecule has 1 atom stereocenters. The van der Waals surface area contributed by atoms with Crippen molar-refractivity contribution in [2.75, 3.05) is 26.8 Å². The van der Waals surface area contributed by atoms with E-state index in [1.54, 1.807) is 7.05 Å². The van der Waals surface area contributed by atoms with Crippen LogP contribution in [-0.4, -0.2) is 45.0 Å². The molecule has 0 bridgehead atoms. The molecule has 1 unspecified atom stereocenters. The molecule has 6 heteroatoms. The van der Waals surface area contributed by atoms with Gasteiger partial charge in [-0.1, -0.05) is 36.4 Å². The van der Waals surface area contributed by atoms with Crippen LogP contribution < -0.4 is 15.4 Å². The van der Waals surface area contributed by atoms with Gasteiger partial charge in [0.05, 0.1) is 19.3 Å². The molecule has 1 aliphatic heterocycles. The molecule has 1 heterocycles. The molecule has 1 fully saturated rings. The van der Waals surface area contributed by atoms with Gasteiger partial charge in [0, 0.05) is 26.8 Å². The lowest BCUT2D eigenvalue weighted by atomic mass is 10.1. The summed E-state index contributed by atoms with van der Waals surface area (Å²) in [4.78, 5) is 4.32. The Bertz CT molecular complexity index is 834. The number of guanidine groups is 1. The van der Waals surface area contributed by atoms with E-state index in [9.17, 15) is 0 Å². The fourth-order valence-electron chi connectivity index (χ4n) is 3.50. The number of rotatable bonds is 9. The first-order valence-electron chi connectivity index (χ1n) is 11.1. The van der Waals surface area contributed by atoms with Crippen LogP contribution in [0.4, 0.5) is 0 Å². The van der Waals surface area contributed by atoms with Crippen molar-refractivity contribution in [3.63, 3.8) is 0 Å². The van der Waals surface area contributed by atoms with Crippen LogP contribution in [0, 0.1) is 6.92 Å². The zero-order chi connectivity index (χ0) is 21.9. The van der Waals surface area contributed by atoms with Gasteiger partial charge in [-0.25, -0.2) is 0 Å². The van der Waals surface area contributed by atoms with Crippen LogP contribution in [0.25, 0.3) is 0 Å². The summed E-state index contributed by atoms with van der Waals surface area (Å²) in [5.41, 5.74) is 3.57. The molecule has 1 aliphatic rings. The summed E-state index contributed by atoms with van der Waals surface area (Å²) >= 11 is 0. The molecule has 168 valence electrons. The lowest BCUT2D eigenvalue weighted by molar-refractivity contribution is -0.0390. The summed E-state index contributed by atoms with van der Waals surface area (Å²) in [5, 5.41) is 6.71. The molecule has 0 radical (unpaired) electrons. The quantitative estimate of drug-likeness (QED) is 0.472. The minimum Gasteiger partial charge on any atom is -0.489 e. The van der Waals surface area contributed by atoms with Crippen molar-refractivity contribution in [3.05, 3.63) is 65.2 Å². The molecule has 31 heavy (non-hydrogen) atoms. The molecule has 2 N–H and O–H groups in total. The van der Waals surface area contributed by atoms with Crippen LogP contribution in [0.5, 0.6) is 5.75 Å². The highest BCUT2D eigenvalue weighted by Gasteiger charge is 2.14. The molecule has 6 nitrogen and oxygen atoms in total. The van der Waals surface area contributed by atoms with E-state index in [0.29, 0.717) is 25.8 Å². The number of ether oxygens (including phenoxy) is 3. The summed E-state index contributed by atoms with van der Waals surface area (Å²) in [6, 6.07) is 16.6. The highest BCUT2D eigenvalue weighted by atomic mass is 16.5. The predicted molar refractivity (Wildman–Crippen MR) is 125 cm³/mol. The van der Waals surface area contributed by atoms with Gasteiger partial charge in [-0.2, -0.15) is 0 Å². The number of benzene rings is 2. The number of aliphatic imine (C=N–C) groups is 1. The molecule has 2 aromatic rings. The van der Waals surface area contributed by atoms with E-state index in [1.807, 2.05) is 25.1 Å². The number of nitrogens with one attached hydrogen (secondary N) is 2. The first-order chi connectivity index (χ1) is 15.1. The smallest absolute Gasteiger partial charge is 0.191 e. The van der Waals surface area contributed by atoms with Crippen molar-refractivity contribution in [2.24, 2.45) is 4.99 Å². The third-order valence-corrected chi connectivity index (χ3v) is 5.21. The molecular weight excluding hydrogens is 390 g/mol. The maximum atomic E-state index is 6.04. The van der Waals surface area contributed by atoms with Crippen LogP contribution in [-0.2, 0) is 22.6 Å². The Morgan fingerprint density at radius 1 is 1.10 bits per heavy atom. The second-order valence-electron chi connectivity index (χ2n) is 7.99. The Hall–Kier alpha value is -2.57. The fraction of sp³-hybridized carbons (Fsp3) is 0.480. The Morgan fingerprint density at radius 3 is 2.65 bits per heavy atom. The van der Waals surface area contributed by atoms with Crippen LogP contribution >= 0.6 is 0 Å². The van der Waals surface area contributed by atoms with Crippen molar-refractivity contribution in [1.82, 2.24) is 10.6 Å². The van der Waals surface area contributed by atoms with Crippen molar-refractivity contribution in [1.29, 1.82) is 0 Å². The normalized spacial score (nSPS) is 16.0. The van der Waals surface area contributed by atoms with Crippen molar-refractivity contribution >= 4 is 5.96 Å². The predicted octanol–water partition coefficient (Wildman–Crippen LogP) is 3.82. The number of nitrogens with zero attached hydrogens (tertiary/aromatic N) is 1. The maximum Gasteiger partial charge on any atom is 0.191 e. The average molecular weight is 426 g/mol. The van der Waals surface area contributed by atoms with Crippen molar-refractivity contribution < 1.29 is 14.2 Å². The van der Waals surface area contributed by atoms with E-state index in [4.69, 9.17) is 14.2 Å². The minimum absolute atomic E-state index is 0.0195. The van der Waals surface area contributed by atoms with E-state index >= 15 is 0 Å². The number of hydrogen-bond acceptors (Lipinski definition) is 4. The van der Waals surface area contributed by atoms with Gasteiger partial charge in [0.1, 0.15) is 11.9 Å². The van der Waals surface area contributed by atoms with Gasteiger partial charge in [-0.3, -0.25) is 4.99 Å². The van der Waals surface area contributed by atoms with Gasteiger partial charge in [0.2, 0.25) is 0 Å². The second kappa shape index (κ2) is 12.3. The van der Waals surface area contributed by atoms with Crippen molar-refractivity contribution in [3.8, 4) is 5.75 Å². The molecule has 0 aliphatic carbocycles. The standard InChI is InChI=1S/C25H35N3O3/c1-19-6-4-9-24(14-19)31-20(2)16-27-25(26-3)28-17-21-7-5-8-22(15-21)18-30-23-10-12-29-13-11-23/h4-9,14-15,20,23H,10-13,16-18H2,1-3H3,(H2,26,27,28). The molecule has 3 rings (SSSR count). The minimum atomic E-state index is 0.0195. The monoisotopic (exact) mass is 425 g/mol. The van der Waals surface area contributed by atoms with Crippen LogP contribution in [0.1, 0.15) is 36.5 Å². The topological polar surface area (TPSA) is 64.1 Å². The first kappa shape index (κ1) is 23.1. The van der Waals surface area contributed by atoms with Gasteiger partial charge in [-0.05, 0) is 55.5 Å². The Labute approximate surface area is 186 Å². The Kier molecular flexibility index (Phi) is 9.18. The van der Waals surface area contributed by atoms with Gasteiger partial charge in [0.25, 0.3) is 0 Å². The summed E-state index contributed by atoms with van der Waals surface area (Å²) in [5.74, 6) is 1.64. The Balaban J connectivity index is 1.41. The molecule has 2 aromatic carbocycles. The highest BCUT2D eigenvalue weighted by Crippen LogP contribution is 2.15. The molecule has 0 amide bonds. The highest BCUT2D eigenvalue weighted by molar-refractivity contribution is 5.79. The zero-order valence-corrected chi connectivity index (χ0v) is 18.9. The number of hydrogen-bond donors (Lipinski definition) is 2. The fourth-order valence-corrected chi connectivity index (χ4v) is 3.50. The van der Waals surface area contributed by atoms with E-state index in [0.717, 1.165) is 37.8 Å². The average Bonchev–Trinajstić information content (AvgIpc) is 2.79. The lowest BCUT2D eigenvalue weighted by Gasteiger charge is -2.22. The summed E-state index contributed by atoms with van der Waals surface area (Å²) in [6.07, 6.45) is 2.29. The van der Waals surface area contributed by atoms with Gasteiger partial charge in [0.15, 0.2) is 5.96 Å². The van der Waals surface area contributed by atoms with Gasteiger partial charge in [-0.15, -0.1) is 0 Å².